The molecule has 134 valence electrons. The number of nitrogens with zero attached hydrogens (tertiary/aromatic N) is 2. The predicted molar refractivity (Wildman–Crippen MR) is 90.4 cm³/mol. The zero-order chi connectivity index (χ0) is 18.1. The van der Waals surface area contributed by atoms with E-state index in [1.165, 1.54) is 6.08 Å². The number of Topliss-reactive ketones (excluding diaryl/α,β-unsaturated/α-hetero) is 1. The van der Waals surface area contributed by atoms with E-state index in [-0.39, 0.29) is 11.6 Å². The number of aliphatic carboxylic acids is 1. The van der Waals surface area contributed by atoms with Crippen molar-refractivity contribution in [2.75, 3.05) is 26.3 Å². The first-order valence-corrected chi connectivity index (χ1v) is 8.07. The van der Waals surface area contributed by atoms with Crippen LogP contribution in [0, 0.1) is 0 Å². The second-order valence-electron chi connectivity index (χ2n) is 5.80. The Morgan fingerprint density at radius 2 is 2.19 bits per heavy atom. The Morgan fingerprint density at radius 3 is 2.96 bits per heavy atom. The number of carboxylic acid groups (broad SMARTS) is 1. The summed E-state index contributed by atoms with van der Waals surface area (Å²) in [5, 5.41) is 12.0. The molecule has 4 rings (SSSR count). The molecule has 0 aliphatic carbocycles. The van der Waals surface area contributed by atoms with Gasteiger partial charge in [0.2, 0.25) is 11.7 Å². The van der Waals surface area contributed by atoms with E-state index in [1.54, 1.807) is 23.5 Å². The standard InChI is InChI=1S/C17H16N4O5/c22-14-12(8-10-9-19-15-11(10)2-1-3-18-15)26-16(13(14)17(23)24)20-21-4-6-25-7-5-21/h1-3,8-9,20H,4-7H2,(H,18,19)(H,23,24)/b12-8-. The number of carbonyl (C=O) groups is 2. The summed E-state index contributed by atoms with van der Waals surface area (Å²) in [7, 11) is 0. The largest absolute Gasteiger partial charge is 0.477 e. The lowest BCUT2D eigenvalue weighted by atomic mass is 10.1. The number of allylic oxidation sites excluding steroid dienone is 1. The van der Waals surface area contributed by atoms with Crippen molar-refractivity contribution in [3.63, 3.8) is 0 Å². The maximum atomic E-state index is 12.5. The summed E-state index contributed by atoms with van der Waals surface area (Å²) in [6.45, 7) is 2.14. The van der Waals surface area contributed by atoms with Crippen molar-refractivity contribution >= 4 is 28.9 Å². The number of ether oxygens (including phenoxy) is 2. The van der Waals surface area contributed by atoms with Gasteiger partial charge in [-0.25, -0.2) is 14.8 Å². The Labute approximate surface area is 147 Å². The highest BCUT2D eigenvalue weighted by molar-refractivity contribution is 6.26. The molecule has 2 aliphatic rings. The summed E-state index contributed by atoms with van der Waals surface area (Å²) in [6, 6.07) is 3.63. The van der Waals surface area contributed by atoms with E-state index in [0.29, 0.717) is 37.5 Å². The number of hydrazine groups is 1. The number of aromatic nitrogens is 2. The zero-order valence-corrected chi connectivity index (χ0v) is 13.7. The van der Waals surface area contributed by atoms with Gasteiger partial charge in [-0.1, -0.05) is 0 Å². The van der Waals surface area contributed by atoms with Crippen LogP contribution in [0.2, 0.25) is 0 Å². The van der Waals surface area contributed by atoms with Crippen LogP contribution in [-0.4, -0.2) is 58.1 Å². The molecule has 0 unspecified atom stereocenters. The molecule has 1 saturated heterocycles. The van der Waals surface area contributed by atoms with Crippen molar-refractivity contribution in [1.82, 2.24) is 20.4 Å². The van der Waals surface area contributed by atoms with E-state index in [9.17, 15) is 14.7 Å². The van der Waals surface area contributed by atoms with Crippen LogP contribution in [0.5, 0.6) is 0 Å². The number of hydrogen-bond acceptors (Lipinski definition) is 7. The summed E-state index contributed by atoms with van der Waals surface area (Å²) in [5.74, 6) is -2.14. The van der Waals surface area contributed by atoms with Crippen LogP contribution >= 0.6 is 0 Å². The Balaban J connectivity index is 1.63. The van der Waals surface area contributed by atoms with Gasteiger partial charge in [0.1, 0.15) is 5.65 Å². The van der Waals surface area contributed by atoms with Crippen LogP contribution in [0.15, 0.2) is 41.7 Å². The first-order valence-electron chi connectivity index (χ1n) is 8.07. The van der Waals surface area contributed by atoms with Gasteiger partial charge in [0.05, 0.1) is 13.2 Å². The van der Waals surface area contributed by atoms with Gasteiger partial charge in [-0.05, 0) is 18.2 Å². The third-order valence-electron chi connectivity index (χ3n) is 4.14. The molecule has 2 aromatic heterocycles. The molecule has 9 nitrogen and oxygen atoms in total. The minimum atomic E-state index is -1.34. The molecular weight excluding hydrogens is 340 g/mol. The lowest BCUT2D eigenvalue weighted by Crippen LogP contribution is -2.45. The third kappa shape index (κ3) is 2.93. The fourth-order valence-corrected chi connectivity index (χ4v) is 2.86. The molecule has 2 aromatic rings. The maximum Gasteiger partial charge on any atom is 0.345 e. The summed E-state index contributed by atoms with van der Waals surface area (Å²) in [6.07, 6.45) is 4.86. The molecule has 3 N–H and O–H groups in total. The number of rotatable bonds is 4. The summed E-state index contributed by atoms with van der Waals surface area (Å²) < 4.78 is 10.8. The first-order chi connectivity index (χ1) is 12.6. The number of hydrogen-bond donors (Lipinski definition) is 3. The number of pyridine rings is 1. The molecule has 0 saturated carbocycles. The van der Waals surface area contributed by atoms with Crippen molar-refractivity contribution in [1.29, 1.82) is 0 Å². The molecule has 0 spiro atoms. The topological polar surface area (TPSA) is 117 Å². The van der Waals surface area contributed by atoms with Crippen LogP contribution in [-0.2, 0) is 19.1 Å². The Bertz CT molecular complexity index is 940. The predicted octanol–water partition coefficient (Wildman–Crippen LogP) is 0.636. The Morgan fingerprint density at radius 1 is 1.38 bits per heavy atom. The molecule has 1 fully saturated rings. The van der Waals surface area contributed by atoms with Crippen LogP contribution in [0.1, 0.15) is 5.56 Å². The van der Waals surface area contributed by atoms with Crippen LogP contribution < -0.4 is 5.43 Å². The van der Waals surface area contributed by atoms with E-state index in [1.807, 2.05) is 6.07 Å². The van der Waals surface area contributed by atoms with Gasteiger partial charge in [-0.15, -0.1) is 0 Å². The zero-order valence-electron chi connectivity index (χ0n) is 13.7. The normalized spacial score (nSPS) is 20.0. The second-order valence-corrected chi connectivity index (χ2v) is 5.80. The number of H-pyrrole nitrogens is 1. The van der Waals surface area contributed by atoms with E-state index < -0.39 is 17.3 Å². The smallest absolute Gasteiger partial charge is 0.345 e. The van der Waals surface area contributed by atoms with Gasteiger partial charge < -0.3 is 19.6 Å². The van der Waals surface area contributed by atoms with Gasteiger partial charge in [-0.3, -0.25) is 10.2 Å². The molecular formula is C17H16N4O5. The molecule has 0 bridgehead atoms. The van der Waals surface area contributed by atoms with Crippen molar-refractivity contribution in [3.8, 4) is 0 Å². The number of nitrogens with one attached hydrogen (secondary N) is 2. The van der Waals surface area contributed by atoms with Gasteiger partial charge in [-0.2, -0.15) is 0 Å². The molecule has 0 amide bonds. The third-order valence-corrected chi connectivity index (χ3v) is 4.14. The fraction of sp³-hybridized carbons (Fsp3) is 0.235. The molecule has 9 heteroatoms. The van der Waals surface area contributed by atoms with E-state index in [2.05, 4.69) is 15.4 Å². The first kappa shape index (κ1) is 16.3. The van der Waals surface area contributed by atoms with E-state index in [0.717, 1.165) is 5.39 Å². The molecule has 0 atom stereocenters. The van der Waals surface area contributed by atoms with E-state index >= 15 is 0 Å². The minimum Gasteiger partial charge on any atom is -0.477 e. The second kappa shape index (κ2) is 6.62. The number of ketones is 1. The molecule has 4 heterocycles. The van der Waals surface area contributed by atoms with Gasteiger partial charge in [0.15, 0.2) is 11.3 Å². The van der Waals surface area contributed by atoms with Crippen molar-refractivity contribution in [2.24, 2.45) is 0 Å². The highest BCUT2D eigenvalue weighted by Crippen LogP contribution is 2.27. The van der Waals surface area contributed by atoms with Crippen molar-refractivity contribution in [3.05, 3.63) is 47.3 Å². The number of carbonyl (C=O) groups excluding carboxylic acids is 1. The van der Waals surface area contributed by atoms with Gasteiger partial charge >= 0.3 is 5.97 Å². The average Bonchev–Trinajstić information content (AvgIpc) is 3.18. The summed E-state index contributed by atoms with van der Waals surface area (Å²) >= 11 is 0. The highest BCUT2D eigenvalue weighted by atomic mass is 16.5. The summed E-state index contributed by atoms with van der Waals surface area (Å²) in [5.41, 5.74) is 3.82. The maximum absolute atomic E-state index is 12.5. The molecule has 26 heavy (non-hydrogen) atoms. The van der Waals surface area contributed by atoms with Crippen LogP contribution in [0.4, 0.5) is 0 Å². The molecule has 0 radical (unpaired) electrons. The van der Waals surface area contributed by atoms with Crippen molar-refractivity contribution in [2.45, 2.75) is 0 Å². The lowest BCUT2D eigenvalue weighted by molar-refractivity contribution is -0.134. The Kier molecular flexibility index (Phi) is 4.15. The number of aromatic amines is 1. The van der Waals surface area contributed by atoms with Crippen molar-refractivity contribution < 1.29 is 24.2 Å². The summed E-state index contributed by atoms with van der Waals surface area (Å²) in [4.78, 5) is 31.2. The fourth-order valence-electron chi connectivity index (χ4n) is 2.86. The monoisotopic (exact) mass is 356 g/mol. The highest BCUT2D eigenvalue weighted by Gasteiger charge is 2.36. The molecule has 0 aromatic carbocycles. The SMILES string of the molecule is O=C(O)C1=C(NN2CCOCC2)O/C(=C\c2c[nH]c3ncccc23)C1=O. The molecule has 2 aliphatic heterocycles. The number of carboxylic acids is 1. The number of morpholine rings is 1. The Hall–Kier alpha value is -3.17. The minimum absolute atomic E-state index is 0.0529. The average molecular weight is 356 g/mol. The van der Waals surface area contributed by atoms with Gasteiger partial charge in [0.25, 0.3) is 0 Å². The quantitative estimate of drug-likeness (QED) is 0.540. The number of fused-ring (bicyclic) bond motifs is 1. The van der Waals surface area contributed by atoms with Crippen LogP contribution in [0.25, 0.3) is 17.1 Å². The van der Waals surface area contributed by atoms with Gasteiger partial charge in [0, 0.05) is 36.4 Å². The van der Waals surface area contributed by atoms with Crippen LogP contribution in [0.3, 0.4) is 0 Å². The lowest BCUT2D eigenvalue weighted by Gasteiger charge is -2.27. The van der Waals surface area contributed by atoms with E-state index in [4.69, 9.17) is 9.47 Å².